The van der Waals surface area contributed by atoms with Crippen LogP contribution in [0.5, 0.6) is 0 Å². The Morgan fingerprint density at radius 3 is 2.67 bits per heavy atom. The Kier molecular flexibility index (Phi) is 3.73. The van der Waals surface area contributed by atoms with Gasteiger partial charge in [0.2, 0.25) is 0 Å². The molecule has 1 aromatic rings. The summed E-state index contributed by atoms with van der Waals surface area (Å²) in [5, 5.41) is 13.3. The number of fused-ring (bicyclic) bond motifs is 1. The predicted molar refractivity (Wildman–Crippen MR) is 76.6 cm³/mol. The van der Waals surface area contributed by atoms with Crippen molar-refractivity contribution in [2.45, 2.75) is 56.7 Å². The molecule has 0 aliphatic heterocycles. The predicted octanol–water partition coefficient (Wildman–Crippen LogP) is 3.33. The van der Waals surface area contributed by atoms with Crippen molar-refractivity contribution >= 4 is 15.9 Å². The van der Waals surface area contributed by atoms with E-state index >= 15 is 0 Å². The van der Waals surface area contributed by atoms with E-state index in [1.807, 2.05) is 0 Å². The van der Waals surface area contributed by atoms with Crippen molar-refractivity contribution in [2.75, 3.05) is 0 Å². The van der Waals surface area contributed by atoms with Crippen molar-refractivity contribution < 1.29 is 5.11 Å². The topological polar surface area (TPSA) is 32.3 Å². The molecule has 2 aliphatic carbocycles. The molecule has 1 atom stereocenters. The quantitative estimate of drug-likeness (QED) is 0.878. The highest BCUT2D eigenvalue weighted by Gasteiger charge is 2.27. The summed E-state index contributed by atoms with van der Waals surface area (Å²) in [6.07, 6.45) is 6.45. The first-order valence-corrected chi connectivity index (χ1v) is 7.75. The molecule has 98 valence electrons. The van der Waals surface area contributed by atoms with Gasteiger partial charge in [-0.15, -0.1) is 0 Å². The molecule has 0 bridgehead atoms. The molecule has 0 unspecified atom stereocenters. The van der Waals surface area contributed by atoms with Crippen LogP contribution < -0.4 is 5.32 Å². The number of aliphatic hydroxyl groups excluding tert-OH is 1. The second kappa shape index (κ2) is 5.32. The molecule has 0 heterocycles. The number of halogens is 1. The molecular formula is C15H20BrNO. The molecule has 0 spiro atoms. The van der Waals surface area contributed by atoms with Crippen LogP contribution in [0.4, 0.5) is 0 Å². The lowest BCUT2D eigenvalue weighted by molar-refractivity contribution is 0.114. The molecule has 0 radical (unpaired) electrons. The van der Waals surface area contributed by atoms with Crippen LogP contribution in [-0.2, 0) is 6.42 Å². The van der Waals surface area contributed by atoms with Crippen molar-refractivity contribution in [3.8, 4) is 0 Å². The van der Waals surface area contributed by atoms with Crippen LogP contribution in [0.25, 0.3) is 0 Å². The van der Waals surface area contributed by atoms with Gasteiger partial charge in [0.25, 0.3) is 0 Å². The van der Waals surface area contributed by atoms with E-state index in [0.29, 0.717) is 12.1 Å². The maximum atomic E-state index is 9.55. The van der Waals surface area contributed by atoms with E-state index in [1.54, 1.807) is 0 Å². The summed E-state index contributed by atoms with van der Waals surface area (Å²) < 4.78 is 1.25. The van der Waals surface area contributed by atoms with Gasteiger partial charge in [0.1, 0.15) is 0 Å². The van der Waals surface area contributed by atoms with E-state index in [-0.39, 0.29) is 6.10 Å². The maximum absolute atomic E-state index is 9.55. The Bertz CT molecular complexity index is 427. The fourth-order valence-corrected chi connectivity index (χ4v) is 3.89. The number of aliphatic hydroxyl groups is 1. The van der Waals surface area contributed by atoms with Crippen molar-refractivity contribution in [1.29, 1.82) is 0 Å². The molecule has 0 amide bonds. The molecule has 1 aromatic carbocycles. The molecule has 3 rings (SSSR count). The average molecular weight is 310 g/mol. The number of nitrogens with one attached hydrogen (secondary N) is 1. The van der Waals surface area contributed by atoms with E-state index < -0.39 is 0 Å². The summed E-state index contributed by atoms with van der Waals surface area (Å²) in [5.74, 6) is 0. The molecule has 3 heteroatoms. The summed E-state index contributed by atoms with van der Waals surface area (Å²) >= 11 is 3.65. The van der Waals surface area contributed by atoms with Gasteiger partial charge in [-0.25, -0.2) is 0 Å². The van der Waals surface area contributed by atoms with Gasteiger partial charge in [-0.3, -0.25) is 0 Å². The third-order valence-corrected chi connectivity index (χ3v) is 5.09. The normalized spacial score (nSPS) is 31.3. The van der Waals surface area contributed by atoms with E-state index in [9.17, 15) is 5.11 Å². The lowest BCUT2D eigenvalue weighted by atomic mass is 9.92. The standard InChI is InChI=1S/C15H20BrNO/c16-14-3-1-2-13-12(14)8-9-15(13)17-10-4-6-11(18)7-5-10/h1-3,10-11,15,17-18H,4-9H2/t10?,11?,15-/m1/s1. The smallest absolute Gasteiger partial charge is 0.0541 e. The Hall–Kier alpha value is -0.380. The van der Waals surface area contributed by atoms with Gasteiger partial charge in [0.05, 0.1) is 6.10 Å². The number of hydrogen-bond acceptors (Lipinski definition) is 2. The van der Waals surface area contributed by atoms with Crippen LogP contribution in [0.15, 0.2) is 22.7 Å². The first-order valence-electron chi connectivity index (χ1n) is 6.95. The maximum Gasteiger partial charge on any atom is 0.0541 e. The first-order chi connectivity index (χ1) is 8.74. The Morgan fingerprint density at radius 1 is 1.11 bits per heavy atom. The zero-order chi connectivity index (χ0) is 12.5. The number of rotatable bonds is 2. The zero-order valence-corrected chi connectivity index (χ0v) is 12.1. The van der Waals surface area contributed by atoms with Crippen LogP contribution in [0.3, 0.4) is 0 Å². The number of hydrogen-bond donors (Lipinski definition) is 2. The van der Waals surface area contributed by atoms with Crippen LogP contribution in [0.1, 0.15) is 49.3 Å². The van der Waals surface area contributed by atoms with E-state index in [0.717, 1.165) is 25.7 Å². The highest BCUT2D eigenvalue weighted by molar-refractivity contribution is 9.10. The average Bonchev–Trinajstić information content (AvgIpc) is 2.77. The molecule has 1 fully saturated rings. The van der Waals surface area contributed by atoms with Gasteiger partial charge < -0.3 is 10.4 Å². The molecule has 2 aliphatic rings. The summed E-state index contributed by atoms with van der Waals surface area (Å²) in [6.45, 7) is 0. The van der Waals surface area contributed by atoms with Gasteiger partial charge in [0.15, 0.2) is 0 Å². The summed E-state index contributed by atoms with van der Waals surface area (Å²) in [6, 6.07) is 7.62. The Morgan fingerprint density at radius 2 is 1.89 bits per heavy atom. The third-order valence-electron chi connectivity index (χ3n) is 4.35. The van der Waals surface area contributed by atoms with E-state index in [4.69, 9.17) is 0 Å². The van der Waals surface area contributed by atoms with E-state index in [2.05, 4.69) is 39.4 Å². The van der Waals surface area contributed by atoms with E-state index in [1.165, 1.54) is 28.4 Å². The highest BCUT2D eigenvalue weighted by atomic mass is 79.9. The fourth-order valence-electron chi connectivity index (χ4n) is 3.31. The first kappa shape index (κ1) is 12.6. The van der Waals surface area contributed by atoms with Gasteiger partial charge in [-0.05, 0) is 55.7 Å². The van der Waals surface area contributed by atoms with Crippen molar-refractivity contribution in [3.05, 3.63) is 33.8 Å². The monoisotopic (exact) mass is 309 g/mol. The molecule has 2 nitrogen and oxygen atoms in total. The van der Waals surface area contributed by atoms with Crippen molar-refractivity contribution in [3.63, 3.8) is 0 Å². The van der Waals surface area contributed by atoms with Crippen LogP contribution in [0, 0.1) is 0 Å². The molecule has 18 heavy (non-hydrogen) atoms. The van der Waals surface area contributed by atoms with Crippen molar-refractivity contribution in [1.82, 2.24) is 5.32 Å². The van der Waals surface area contributed by atoms with Gasteiger partial charge in [-0.2, -0.15) is 0 Å². The van der Waals surface area contributed by atoms with Gasteiger partial charge in [0, 0.05) is 16.6 Å². The van der Waals surface area contributed by atoms with Crippen LogP contribution in [0.2, 0.25) is 0 Å². The fraction of sp³-hybridized carbons (Fsp3) is 0.600. The minimum Gasteiger partial charge on any atom is -0.393 e. The highest BCUT2D eigenvalue weighted by Crippen LogP contribution is 2.36. The molecule has 1 saturated carbocycles. The second-order valence-electron chi connectivity index (χ2n) is 5.57. The molecule has 2 N–H and O–H groups in total. The summed E-state index contributed by atoms with van der Waals surface area (Å²) in [5.41, 5.74) is 2.95. The Balaban J connectivity index is 1.68. The summed E-state index contributed by atoms with van der Waals surface area (Å²) in [7, 11) is 0. The van der Waals surface area contributed by atoms with Crippen LogP contribution >= 0.6 is 15.9 Å². The lowest BCUT2D eigenvalue weighted by Gasteiger charge is -2.29. The van der Waals surface area contributed by atoms with Gasteiger partial charge >= 0.3 is 0 Å². The van der Waals surface area contributed by atoms with Crippen molar-refractivity contribution in [2.24, 2.45) is 0 Å². The third kappa shape index (κ3) is 2.49. The van der Waals surface area contributed by atoms with Crippen LogP contribution in [-0.4, -0.2) is 17.3 Å². The van der Waals surface area contributed by atoms with Gasteiger partial charge in [-0.1, -0.05) is 28.1 Å². The largest absolute Gasteiger partial charge is 0.393 e. The molecule has 0 aromatic heterocycles. The minimum absolute atomic E-state index is 0.0620. The molecular weight excluding hydrogens is 290 g/mol. The summed E-state index contributed by atoms with van der Waals surface area (Å²) in [4.78, 5) is 0. The molecule has 0 saturated heterocycles. The Labute approximate surface area is 117 Å². The second-order valence-corrected chi connectivity index (χ2v) is 6.43. The SMILES string of the molecule is OC1CCC(N[C@@H]2CCc3c(Br)cccc32)CC1. The zero-order valence-electron chi connectivity index (χ0n) is 10.5. The lowest BCUT2D eigenvalue weighted by Crippen LogP contribution is -2.36. The minimum atomic E-state index is -0.0620. The number of benzene rings is 1.